The third-order valence-electron chi connectivity index (χ3n) is 7.13. The lowest BCUT2D eigenvalue weighted by atomic mass is 9.93. The number of carbonyl (C=O) groups excluding carboxylic acids is 1. The topological polar surface area (TPSA) is 87.4 Å². The number of halogens is 3. The van der Waals surface area contributed by atoms with E-state index in [1.165, 1.54) is 19.0 Å². The van der Waals surface area contributed by atoms with Gasteiger partial charge in [-0.2, -0.15) is 4.98 Å². The highest BCUT2D eigenvalue weighted by molar-refractivity contribution is 6.08. The first-order valence-corrected chi connectivity index (χ1v) is 11.3. The van der Waals surface area contributed by atoms with Crippen molar-refractivity contribution in [3.05, 3.63) is 35.8 Å². The van der Waals surface area contributed by atoms with Gasteiger partial charge in [0.05, 0.1) is 11.3 Å². The number of nitrogens with zero attached hydrogens (tertiary/aromatic N) is 4. The summed E-state index contributed by atoms with van der Waals surface area (Å²) in [6.45, 7) is 1.80. The molecule has 10 heteroatoms. The summed E-state index contributed by atoms with van der Waals surface area (Å²) in [6, 6.07) is 4.37. The Kier molecular flexibility index (Phi) is 5.33. The second-order valence-corrected chi connectivity index (χ2v) is 9.42. The fourth-order valence-electron chi connectivity index (χ4n) is 4.80. The molecule has 7 nitrogen and oxygen atoms in total. The van der Waals surface area contributed by atoms with E-state index in [4.69, 9.17) is 5.73 Å². The third kappa shape index (κ3) is 4.56. The first-order chi connectivity index (χ1) is 15.7. The smallest absolute Gasteiger partial charge is 0.263 e. The summed E-state index contributed by atoms with van der Waals surface area (Å²) in [5, 5.41) is 2.58. The third-order valence-corrected chi connectivity index (χ3v) is 7.13. The monoisotopic (exact) mass is 460 g/mol. The quantitative estimate of drug-likeness (QED) is 0.669. The van der Waals surface area contributed by atoms with Crippen molar-refractivity contribution in [1.29, 1.82) is 0 Å². The fraction of sp³-hybridized carbons (Fsp3) is 0.522. The molecule has 1 aromatic carbocycles. The summed E-state index contributed by atoms with van der Waals surface area (Å²) in [5.74, 6) is -3.61. The Hall–Kier alpha value is -3.04. The number of nitrogens with one attached hydrogen (secondary N) is 1. The van der Waals surface area contributed by atoms with Crippen LogP contribution in [-0.4, -0.2) is 48.0 Å². The number of anilines is 4. The molecular weight excluding hydrogens is 433 g/mol. The van der Waals surface area contributed by atoms with Gasteiger partial charge in [0.15, 0.2) is 0 Å². The van der Waals surface area contributed by atoms with Crippen LogP contribution in [0.15, 0.2) is 24.4 Å². The molecule has 3 fully saturated rings. The molecule has 176 valence electrons. The second kappa shape index (κ2) is 8.07. The van der Waals surface area contributed by atoms with E-state index >= 15 is 0 Å². The highest BCUT2D eigenvalue weighted by Gasteiger charge is 2.45. The maximum Gasteiger partial charge on any atom is 0.263 e. The molecule has 2 aliphatic heterocycles. The van der Waals surface area contributed by atoms with Crippen LogP contribution in [0.25, 0.3) is 0 Å². The number of benzene rings is 1. The number of nitrogens with two attached hydrogens (primary N) is 1. The highest BCUT2D eigenvalue weighted by atomic mass is 19.3. The molecule has 0 bridgehead atoms. The van der Waals surface area contributed by atoms with Gasteiger partial charge in [0.1, 0.15) is 11.6 Å². The van der Waals surface area contributed by atoms with Crippen LogP contribution >= 0.6 is 0 Å². The number of carbonyl (C=O) groups is 1. The van der Waals surface area contributed by atoms with Gasteiger partial charge < -0.3 is 15.5 Å². The van der Waals surface area contributed by atoms with Crippen LogP contribution in [-0.2, 0) is 0 Å². The molecule has 2 saturated heterocycles. The van der Waals surface area contributed by atoms with Crippen LogP contribution in [0.4, 0.5) is 36.3 Å². The average molecular weight is 461 g/mol. The van der Waals surface area contributed by atoms with Crippen molar-refractivity contribution in [2.75, 3.05) is 47.0 Å². The molecule has 1 spiro atoms. The number of aromatic nitrogens is 2. The van der Waals surface area contributed by atoms with Gasteiger partial charge in [-0.1, -0.05) is 0 Å². The van der Waals surface area contributed by atoms with E-state index in [0.717, 1.165) is 32.0 Å². The van der Waals surface area contributed by atoms with Crippen molar-refractivity contribution < 1.29 is 18.0 Å². The van der Waals surface area contributed by atoms with Crippen LogP contribution in [0, 0.1) is 11.2 Å². The Labute approximate surface area is 190 Å². The number of hydrogen-bond donors (Lipinski definition) is 2. The standard InChI is InChI=1S/C23H27F3N6O/c24-16-13-15(27)14-17(31-9-4-22(2-3-22)5-10-31)19(16)20(33)30-21-28-8-1-18(29-21)32-11-6-23(25,26)7-12-32/h1,8,13-14H,2-7,9-12,27H2,(H,28,29,30,33). The molecule has 1 saturated carbocycles. The lowest BCUT2D eigenvalue weighted by Crippen LogP contribution is -2.39. The minimum absolute atomic E-state index is 0.00686. The van der Waals surface area contributed by atoms with Crippen LogP contribution in [0.5, 0.6) is 0 Å². The molecular formula is C23H27F3N6O. The van der Waals surface area contributed by atoms with Gasteiger partial charge in [-0.15, -0.1) is 0 Å². The Morgan fingerprint density at radius 1 is 1.00 bits per heavy atom. The molecule has 1 amide bonds. The molecule has 1 aliphatic carbocycles. The van der Waals surface area contributed by atoms with Gasteiger partial charge in [0.25, 0.3) is 11.8 Å². The zero-order chi connectivity index (χ0) is 23.2. The largest absolute Gasteiger partial charge is 0.399 e. The van der Waals surface area contributed by atoms with E-state index in [1.54, 1.807) is 17.0 Å². The lowest BCUT2D eigenvalue weighted by Gasteiger charge is -2.35. The van der Waals surface area contributed by atoms with Gasteiger partial charge in [-0.3, -0.25) is 10.1 Å². The van der Waals surface area contributed by atoms with E-state index in [0.29, 0.717) is 16.9 Å². The number of amides is 1. The molecule has 1 aromatic heterocycles. The number of alkyl halides is 2. The molecule has 3 N–H and O–H groups in total. The summed E-state index contributed by atoms with van der Waals surface area (Å²) in [4.78, 5) is 25.2. The van der Waals surface area contributed by atoms with E-state index in [2.05, 4.69) is 15.3 Å². The molecule has 0 unspecified atom stereocenters. The Morgan fingerprint density at radius 3 is 2.33 bits per heavy atom. The Bertz CT molecular complexity index is 1050. The van der Waals surface area contributed by atoms with E-state index in [-0.39, 0.29) is 43.1 Å². The van der Waals surface area contributed by atoms with E-state index in [9.17, 15) is 18.0 Å². The summed E-state index contributed by atoms with van der Waals surface area (Å²) in [7, 11) is 0. The number of piperidine rings is 2. The molecule has 33 heavy (non-hydrogen) atoms. The van der Waals surface area contributed by atoms with E-state index in [1.807, 2.05) is 4.90 Å². The first kappa shape index (κ1) is 21.8. The molecule has 0 radical (unpaired) electrons. The van der Waals surface area contributed by atoms with Crippen molar-refractivity contribution in [1.82, 2.24) is 9.97 Å². The summed E-state index contributed by atoms with van der Waals surface area (Å²) in [5.41, 5.74) is 6.96. The molecule has 0 atom stereocenters. The van der Waals surface area contributed by atoms with Gasteiger partial charge >= 0.3 is 0 Å². The summed E-state index contributed by atoms with van der Waals surface area (Å²) < 4.78 is 41.9. The first-order valence-electron chi connectivity index (χ1n) is 11.3. The van der Waals surface area contributed by atoms with Crippen molar-refractivity contribution in [2.45, 2.75) is 44.4 Å². The van der Waals surface area contributed by atoms with Crippen LogP contribution in [0.3, 0.4) is 0 Å². The number of rotatable bonds is 4. The van der Waals surface area contributed by atoms with Crippen molar-refractivity contribution in [3.8, 4) is 0 Å². The Morgan fingerprint density at radius 2 is 1.67 bits per heavy atom. The van der Waals surface area contributed by atoms with Gasteiger partial charge in [0.2, 0.25) is 5.95 Å². The van der Waals surface area contributed by atoms with Gasteiger partial charge in [0, 0.05) is 50.9 Å². The normalized spacial score (nSPS) is 21.2. The summed E-state index contributed by atoms with van der Waals surface area (Å²) in [6.07, 6.45) is 5.45. The average Bonchev–Trinajstić information content (AvgIpc) is 3.52. The highest BCUT2D eigenvalue weighted by Crippen LogP contribution is 2.54. The maximum atomic E-state index is 14.9. The van der Waals surface area contributed by atoms with Crippen molar-refractivity contribution >= 4 is 29.0 Å². The second-order valence-electron chi connectivity index (χ2n) is 9.42. The van der Waals surface area contributed by atoms with Crippen LogP contribution < -0.4 is 20.9 Å². The minimum Gasteiger partial charge on any atom is -0.399 e. The molecule has 3 aliphatic rings. The molecule has 3 heterocycles. The van der Waals surface area contributed by atoms with Crippen molar-refractivity contribution in [3.63, 3.8) is 0 Å². The molecule has 5 rings (SSSR count). The van der Waals surface area contributed by atoms with Crippen LogP contribution in [0.2, 0.25) is 0 Å². The summed E-state index contributed by atoms with van der Waals surface area (Å²) >= 11 is 0. The SMILES string of the molecule is Nc1cc(F)c(C(=O)Nc2nccc(N3CCC(F)(F)CC3)n2)c(N2CCC3(CC2)CC3)c1. The van der Waals surface area contributed by atoms with Gasteiger partial charge in [-0.05, 0) is 49.3 Å². The maximum absolute atomic E-state index is 14.9. The molecule has 2 aromatic rings. The zero-order valence-electron chi connectivity index (χ0n) is 18.3. The number of hydrogen-bond acceptors (Lipinski definition) is 6. The predicted molar refractivity (Wildman–Crippen MR) is 120 cm³/mol. The van der Waals surface area contributed by atoms with E-state index < -0.39 is 17.6 Å². The minimum atomic E-state index is -2.67. The van der Waals surface area contributed by atoms with Crippen molar-refractivity contribution in [2.24, 2.45) is 5.41 Å². The predicted octanol–water partition coefficient (Wildman–Crippen LogP) is 4.07. The Balaban J connectivity index is 1.35. The lowest BCUT2D eigenvalue weighted by molar-refractivity contribution is -0.0221. The fourth-order valence-corrected chi connectivity index (χ4v) is 4.80. The number of nitrogen functional groups attached to an aromatic ring is 1. The zero-order valence-corrected chi connectivity index (χ0v) is 18.3. The van der Waals surface area contributed by atoms with Crippen LogP contribution in [0.1, 0.15) is 48.9 Å². The van der Waals surface area contributed by atoms with Gasteiger partial charge in [-0.25, -0.2) is 18.2 Å².